The molecule has 12 heteroatoms. The molecule has 0 bridgehead atoms. The van der Waals surface area contributed by atoms with Gasteiger partial charge in [0.15, 0.2) is 0 Å². The number of rotatable bonds is 5. The Labute approximate surface area is 263 Å². The first-order chi connectivity index (χ1) is 21.5. The molecular weight excluding hydrogens is 578 g/mol. The predicted octanol–water partition coefficient (Wildman–Crippen LogP) is 2.10. The van der Waals surface area contributed by atoms with Crippen LogP contribution in [0.3, 0.4) is 0 Å². The molecule has 4 amide bonds. The van der Waals surface area contributed by atoms with Crippen LogP contribution in [-0.2, 0) is 36.9 Å². The standard InChI is InChI=1S/C33H45N5O7/c1-20(2)27(34)29(40)35-25-13-7-5-3-4-6-12-23-17-33(23,31(42)43)36-28(39)26-16-24(19-38(26)30(25)41)45-32(44)37-15-14-21-10-8-9-11-22(21)18-37/h6,8-12,20,23-27H,3-5,7,13-19,34H2,1-2H3,(H,35,40)(H,36,39)(H,42,43)/b12-6-/t23-,24-,25+,26+,27?,33-/m1/s1. The Kier molecular flexibility index (Phi) is 9.81. The molecule has 4 aliphatic rings. The number of amides is 4. The summed E-state index contributed by atoms with van der Waals surface area (Å²) in [5.74, 6) is -3.19. The summed E-state index contributed by atoms with van der Waals surface area (Å²) in [7, 11) is 0. The summed E-state index contributed by atoms with van der Waals surface area (Å²) < 4.78 is 5.88. The summed E-state index contributed by atoms with van der Waals surface area (Å²) in [5.41, 5.74) is 6.87. The number of aliphatic carboxylic acids is 1. The fraction of sp³-hybridized carbons (Fsp3) is 0.606. The van der Waals surface area contributed by atoms with Gasteiger partial charge < -0.3 is 36.0 Å². The van der Waals surface area contributed by atoms with Crippen LogP contribution in [0.5, 0.6) is 0 Å². The van der Waals surface area contributed by atoms with E-state index in [2.05, 4.69) is 10.6 Å². The number of hydrogen-bond donors (Lipinski definition) is 4. The van der Waals surface area contributed by atoms with Gasteiger partial charge in [0.2, 0.25) is 17.7 Å². The number of carbonyl (C=O) groups excluding carboxylic acids is 4. The van der Waals surface area contributed by atoms with E-state index in [1.165, 1.54) is 10.5 Å². The molecule has 0 radical (unpaired) electrons. The van der Waals surface area contributed by atoms with Crippen molar-refractivity contribution in [2.45, 2.75) is 102 Å². The van der Waals surface area contributed by atoms with E-state index in [0.717, 1.165) is 24.8 Å². The molecule has 6 atom stereocenters. The lowest BCUT2D eigenvalue weighted by Gasteiger charge is -2.30. The van der Waals surface area contributed by atoms with Crippen molar-refractivity contribution in [3.8, 4) is 0 Å². The first kappa shape index (κ1) is 32.5. The molecule has 244 valence electrons. The third-order valence-corrected chi connectivity index (χ3v) is 9.61. The molecule has 1 aromatic rings. The van der Waals surface area contributed by atoms with Crippen LogP contribution in [-0.4, -0.2) is 87.5 Å². The van der Waals surface area contributed by atoms with Gasteiger partial charge in [-0.25, -0.2) is 9.59 Å². The average Bonchev–Trinajstić information content (AvgIpc) is 3.56. The Balaban J connectivity index is 1.37. The van der Waals surface area contributed by atoms with Crippen LogP contribution in [0, 0.1) is 11.8 Å². The number of nitrogens with zero attached hydrogens (tertiary/aromatic N) is 2. The van der Waals surface area contributed by atoms with Crippen molar-refractivity contribution in [3.63, 3.8) is 0 Å². The number of carbonyl (C=O) groups is 5. The van der Waals surface area contributed by atoms with Gasteiger partial charge in [0.05, 0.1) is 12.6 Å². The van der Waals surface area contributed by atoms with Crippen LogP contribution in [0.15, 0.2) is 36.4 Å². The van der Waals surface area contributed by atoms with E-state index in [0.29, 0.717) is 32.4 Å². The minimum Gasteiger partial charge on any atom is -0.479 e. The van der Waals surface area contributed by atoms with E-state index in [1.54, 1.807) is 4.90 Å². The number of nitrogens with one attached hydrogen (secondary N) is 2. The van der Waals surface area contributed by atoms with Crippen molar-refractivity contribution in [3.05, 3.63) is 47.5 Å². The Hall–Kier alpha value is -3.93. The number of ether oxygens (including phenoxy) is 1. The van der Waals surface area contributed by atoms with E-state index >= 15 is 0 Å². The zero-order chi connectivity index (χ0) is 32.3. The van der Waals surface area contributed by atoms with Crippen molar-refractivity contribution >= 4 is 29.8 Å². The third kappa shape index (κ3) is 7.16. The zero-order valence-corrected chi connectivity index (χ0v) is 26.1. The maximum absolute atomic E-state index is 14.1. The van der Waals surface area contributed by atoms with Crippen LogP contribution in [0.4, 0.5) is 4.79 Å². The quantitative estimate of drug-likeness (QED) is 0.361. The molecule has 45 heavy (non-hydrogen) atoms. The summed E-state index contributed by atoms with van der Waals surface area (Å²) in [6, 6.07) is 5.07. The summed E-state index contributed by atoms with van der Waals surface area (Å²) in [6.45, 7) is 4.46. The van der Waals surface area contributed by atoms with Crippen LogP contribution < -0.4 is 16.4 Å². The first-order valence-electron chi connectivity index (χ1n) is 16.1. The molecule has 1 saturated heterocycles. The van der Waals surface area contributed by atoms with Crippen LogP contribution >= 0.6 is 0 Å². The number of fused-ring (bicyclic) bond motifs is 3. The Bertz CT molecular complexity index is 1350. The third-order valence-electron chi connectivity index (χ3n) is 9.61. The average molecular weight is 624 g/mol. The molecule has 5 rings (SSSR count). The summed E-state index contributed by atoms with van der Waals surface area (Å²) in [5, 5.41) is 15.6. The minimum absolute atomic E-state index is 0.0100. The fourth-order valence-electron chi connectivity index (χ4n) is 6.59. The van der Waals surface area contributed by atoms with Gasteiger partial charge in [-0.1, -0.05) is 63.1 Å². The largest absolute Gasteiger partial charge is 0.479 e. The molecule has 1 aromatic carbocycles. The topological polar surface area (TPSA) is 171 Å². The van der Waals surface area contributed by atoms with Crippen molar-refractivity contribution in [1.29, 1.82) is 0 Å². The Morgan fingerprint density at radius 3 is 2.62 bits per heavy atom. The van der Waals surface area contributed by atoms with Crippen molar-refractivity contribution in [1.82, 2.24) is 20.4 Å². The van der Waals surface area contributed by atoms with E-state index in [-0.39, 0.29) is 31.2 Å². The number of carboxylic acid groups (broad SMARTS) is 1. The van der Waals surface area contributed by atoms with Gasteiger partial charge in [0.1, 0.15) is 23.7 Å². The summed E-state index contributed by atoms with van der Waals surface area (Å²) >= 11 is 0. The van der Waals surface area contributed by atoms with Gasteiger partial charge in [-0.2, -0.15) is 0 Å². The van der Waals surface area contributed by atoms with E-state index in [4.69, 9.17) is 10.5 Å². The van der Waals surface area contributed by atoms with Crippen molar-refractivity contribution in [2.75, 3.05) is 13.1 Å². The Morgan fingerprint density at radius 2 is 1.89 bits per heavy atom. The highest BCUT2D eigenvalue weighted by Gasteiger charge is 2.61. The lowest BCUT2D eigenvalue weighted by Crippen LogP contribution is -2.57. The number of carboxylic acids is 1. The highest BCUT2D eigenvalue weighted by atomic mass is 16.6. The van der Waals surface area contributed by atoms with E-state index in [9.17, 15) is 29.1 Å². The molecule has 3 heterocycles. The molecule has 1 unspecified atom stereocenters. The van der Waals surface area contributed by atoms with Crippen LogP contribution in [0.1, 0.15) is 69.9 Å². The highest BCUT2D eigenvalue weighted by Crippen LogP contribution is 2.45. The highest BCUT2D eigenvalue weighted by molar-refractivity contribution is 5.96. The maximum atomic E-state index is 14.1. The Morgan fingerprint density at radius 1 is 1.13 bits per heavy atom. The maximum Gasteiger partial charge on any atom is 0.410 e. The molecular formula is C33H45N5O7. The second-order valence-electron chi connectivity index (χ2n) is 13.2. The molecule has 0 aromatic heterocycles. The molecule has 1 aliphatic carbocycles. The lowest BCUT2D eigenvalue weighted by atomic mass is 10.0. The van der Waals surface area contributed by atoms with Crippen molar-refractivity contribution < 1.29 is 33.8 Å². The van der Waals surface area contributed by atoms with Gasteiger partial charge in [-0.15, -0.1) is 0 Å². The molecule has 1 saturated carbocycles. The second-order valence-corrected chi connectivity index (χ2v) is 13.2. The monoisotopic (exact) mass is 623 g/mol. The predicted molar refractivity (Wildman–Crippen MR) is 165 cm³/mol. The smallest absolute Gasteiger partial charge is 0.410 e. The molecule has 3 aliphatic heterocycles. The summed E-state index contributed by atoms with van der Waals surface area (Å²) in [4.78, 5) is 69.4. The molecule has 2 fully saturated rings. The zero-order valence-electron chi connectivity index (χ0n) is 26.1. The van der Waals surface area contributed by atoms with Gasteiger partial charge in [-0.05, 0) is 49.1 Å². The SMILES string of the molecule is CC(C)C(N)C(=O)N[C@H]1CCCCC/C=C\[C@@H]2C[C@@]2(C(=O)O)NC(=O)[C@@H]2C[C@@H](OC(=O)N3CCc4ccccc4C3)CN2C1=O. The number of hydrogen-bond acceptors (Lipinski definition) is 7. The molecule has 0 spiro atoms. The van der Waals surface area contributed by atoms with Gasteiger partial charge in [0.25, 0.3) is 0 Å². The van der Waals surface area contributed by atoms with Gasteiger partial charge in [-0.3, -0.25) is 14.4 Å². The van der Waals surface area contributed by atoms with E-state index in [1.807, 2.05) is 50.3 Å². The lowest BCUT2D eigenvalue weighted by molar-refractivity contribution is -0.146. The minimum atomic E-state index is -1.45. The van der Waals surface area contributed by atoms with Gasteiger partial charge >= 0.3 is 12.1 Å². The van der Waals surface area contributed by atoms with Crippen LogP contribution in [0.25, 0.3) is 0 Å². The van der Waals surface area contributed by atoms with Crippen LogP contribution in [0.2, 0.25) is 0 Å². The molecule has 5 N–H and O–H groups in total. The number of nitrogens with two attached hydrogens (primary N) is 1. The number of allylic oxidation sites excluding steroid dienone is 1. The number of benzene rings is 1. The van der Waals surface area contributed by atoms with E-state index < -0.39 is 59.6 Å². The van der Waals surface area contributed by atoms with Gasteiger partial charge in [0, 0.05) is 25.4 Å². The normalized spacial score (nSPS) is 30.0. The first-order valence-corrected chi connectivity index (χ1v) is 16.1. The fourth-order valence-corrected chi connectivity index (χ4v) is 6.59. The van der Waals surface area contributed by atoms with Crippen molar-refractivity contribution in [2.24, 2.45) is 17.6 Å². The second kappa shape index (κ2) is 13.6. The molecule has 12 nitrogen and oxygen atoms in total. The summed E-state index contributed by atoms with van der Waals surface area (Å²) in [6.07, 6.45) is 6.81.